The van der Waals surface area contributed by atoms with Crippen molar-refractivity contribution >= 4 is 96.2 Å². The molecule has 0 aliphatic heterocycles. The van der Waals surface area contributed by atoms with E-state index in [0.29, 0.717) is 0 Å². The molecular weight excluding hydrogens is 225 g/mol. The average Bonchev–Trinajstić information content (AvgIpc) is 1.25. The van der Waals surface area contributed by atoms with Crippen LogP contribution in [-0.2, 0) is 0 Å². The van der Waals surface area contributed by atoms with E-state index in [4.69, 9.17) is 30.0 Å². The fourth-order valence-electron chi connectivity index (χ4n) is 0. The molecule has 1 N–H and O–H groups in total. The minimum atomic E-state index is -2.33. The van der Waals surface area contributed by atoms with Gasteiger partial charge in [0.15, 0.2) is 0 Å². The van der Waals surface area contributed by atoms with Crippen LogP contribution in [-0.4, -0.2) is 102 Å². The molecule has 0 aromatic carbocycles. The first-order valence-corrected chi connectivity index (χ1v) is 1.22. The molecule has 0 heterocycles. The van der Waals surface area contributed by atoms with Gasteiger partial charge in [0, 0.05) is 0 Å². The van der Waals surface area contributed by atoms with Crippen LogP contribution in [0, 0.1) is 0 Å². The second-order valence-corrected chi connectivity index (χ2v) is 0.500. The molecule has 0 aliphatic rings. The van der Waals surface area contributed by atoms with Crippen LogP contribution >= 0.6 is 0 Å². The van der Waals surface area contributed by atoms with Crippen molar-refractivity contribution in [1.29, 1.82) is 0 Å². The zero-order valence-corrected chi connectivity index (χ0v) is 11.1. The maximum atomic E-state index is 8.33. The third kappa shape index (κ3) is 716. The summed E-state index contributed by atoms with van der Waals surface area (Å²) in [6.07, 6.45) is -4.67. The maximum Gasteiger partial charge on any atom is 2.00 e. The molecular formula is C2HCaMg2O7+. The van der Waals surface area contributed by atoms with Gasteiger partial charge in [0.05, 0.1) is 0 Å². The topological polar surface area (TPSA) is 156 Å². The molecule has 0 aliphatic carbocycles. The monoisotopic (exact) mass is 225 g/mol. The van der Waals surface area contributed by atoms with Crippen LogP contribution in [0.25, 0.3) is 0 Å². The minimum absolute atomic E-state index is 0. The third-order valence-electron chi connectivity index (χ3n) is 0. The Balaban J connectivity index is -0.0000000112. The Labute approximate surface area is 130 Å². The number of hydrogen-bond acceptors (Lipinski definition) is 7. The van der Waals surface area contributed by atoms with Crippen molar-refractivity contribution < 1.29 is 35.5 Å². The molecule has 0 radical (unpaired) electrons. The minimum Gasteiger partial charge on any atom is -0.870 e. The van der Waals surface area contributed by atoms with Crippen LogP contribution in [0.2, 0.25) is 0 Å². The largest absolute Gasteiger partial charge is 2.00 e. The summed E-state index contributed by atoms with van der Waals surface area (Å²) in [7, 11) is 0. The Morgan fingerprint density at radius 2 is 0.750 bits per heavy atom. The zero-order valence-electron chi connectivity index (χ0n) is 6.02. The standard InChI is InChI=1S/2CH2O3.Ca.2Mg.H2O/c2*2-1(3)4;;;;/h2*(H2,2,3,4);;;;1H2/q;;3*+2;/p-5. The van der Waals surface area contributed by atoms with Crippen LogP contribution in [0.5, 0.6) is 0 Å². The van der Waals surface area contributed by atoms with Crippen LogP contribution in [0.1, 0.15) is 0 Å². The van der Waals surface area contributed by atoms with Crippen molar-refractivity contribution in [3.63, 3.8) is 0 Å². The normalized spacial score (nSPS) is 4.00. The summed E-state index contributed by atoms with van der Waals surface area (Å²) >= 11 is 0. The molecule has 0 fully saturated rings. The molecule has 56 valence electrons. The number of carboxylic acid groups (broad SMARTS) is 4. The van der Waals surface area contributed by atoms with Crippen molar-refractivity contribution in [2.45, 2.75) is 0 Å². The van der Waals surface area contributed by atoms with E-state index in [2.05, 4.69) is 0 Å². The van der Waals surface area contributed by atoms with Crippen molar-refractivity contribution in [1.82, 2.24) is 0 Å². The van der Waals surface area contributed by atoms with Crippen molar-refractivity contribution in [2.24, 2.45) is 0 Å². The molecule has 0 aromatic heterocycles. The first-order valence-electron chi connectivity index (χ1n) is 1.22. The zero-order chi connectivity index (χ0) is 7.15. The molecule has 0 bridgehead atoms. The molecule has 12 heavy (non-hydrogen) atoms. The number of hydrogen-bond donors (Lipinski definition) is 0. The molecule has 0 atom stereocenters. The smallest absolute Gasteiger partial charge is 0.870 e. The number of carbonyl (C=O) groups excluding carboxylic acids is 2. The van der Waals surface area contributed by atoms with Crippen molar-refractivity contribution in [3.8, 4) is 0 Å². The molecule has 0 unspecified atom stereocenters. The van der Waals surface area contributed by atoms with Gasteiger partial charge in [0.2, 0.25) is 0 Å². The van der Waals surface area contributed by atoms with Crippen molar-refractivity contribution in [2.75, 3.05) is 0 Å². The Hall–Kier alpha value is 1.29. The SMILES string of the molecule is O=C([O-])[O-].O=C([O-])[O-].[Ca+2].[Mg+2].[Mg+2].[OH-]. The van der Waals surface area contributed by atoms with Gasteiger partial charge in [-0.05, 0) is 12.3 Å². The van der Waals surface area contributed by atoms with E-state index in [1.54, 1.807) is 0 Å². The maximum absolute atomic E-state index is 8.33. The van der Waals surface area contributed by atoms with Gasteiger partial charge in [-0.25, -0.2) is 0 Å². The fourth-order valence-corrected chi connectivity index (χ4v) is 0. The molecule has 0 saturated carbocycles. The van der Waals surface area contributed by atoms with E-state index in [1.807, 2.05) is 0 Å². The Bertz CT molecular complexity index is 77.4. The van der Waals surface area contributed by atoms with Crippen LogP contribution in [0.4, 0.5) is 9.59 Å². The van der Waals surface area contributed by atoms with Crippen LogP contribution in [0.3, 0.4) is 0 Å². The average molecular weight is 226 g/mol. The van der Waals surface area contributed by atoms with E-state index >= 15 is 0 Å². The van der Waals surface area contributed by atoms with E-state index < -0.39 is 12.3 Å². The third-order valence-corrected chi connectivity index (χ3v) is 0. The number of rotatable bonds is 0. The fraction of sp³-hybridized carbons (Fsp3) is 0. The summed E-state index contributed by atoms with van der Waals surface area (Å²) in [5.74, 6) is 0. The summed E-state index contributed by atoms with van der Waals surface area (Å²) < 4.78 is 0. The Morgan fingerprint density at radius 1 is 0.750 bits per heavy atom. The van der Waals surface area contributed by atoms with Crippen molar-refractivity contribution in [3.05, 3.63) is 0 Å². The van der Waals surface area contributed by atoms with Gasteiger partial charge >= 0.3 is 83.8 Å². The predicted octanol–water partition coefficient (Wildman–Crippen LogP) is -6.21. The predicted molar refractivity (Wildman–Crippen MR) is 30.0 cm³/mol. The van der Waals surface area contributed by atoms with E-state index in [-0.39, 0.29) is 89.3 Å². The Kier molecular flexibility index (Phi) is 92.8. The first kappa shape index (κ1) is 37.8. The summed E-state index contributed by atoms with van der Waals surface area (Å²) in [5.41, 5.74) is 0. The van der Waals surface area contributed by atoms with Gasteiger partial charge in [0.1, 0.15) is 0 Å². The molecule has 0 aromatic rings. The van der Waals surface area contributed by atoms with Gasteiger partial charge in [-0.3, -0.25) is 0 Å². The molecule has 0 rings (SSSR count). The molecule has 10 heteroatoms. The van der Waals surface area contributed by atoms with Gasteiger partial charge in [0.25, 0.3) is 0 Å². The van der Waals surface area contributed by atoms with Crippen LogP contribution < -0.4 is 20.4 Å². The summed E-state index contributed by atoms with van der Waals surface area (Å²) in [4.78, 5) is 16.7. The Morgan fingerprint density at radius 3 is 0.750 bits per heavy atom. The van der Waals surface area contributed by atoms with Gasteiger partial charge < -0.3 is 35.5 Å². The molecule has 0 saturated heterocycles. The van der Waals surface area contributed by atoms with E-state index in [0.717, 1.165) is 0 Å². The van der Waals surface area contributed by atoms with Gasteiger partial charge in [-0.1, -0.05) is 0 Å². The number of carbonyl (C=O) groups is 2. The van der Waals surface area contributed by atoms with Crippen LogP contribution in [0.15, 0.2) is 0 Å². The van der Waals surface area contributed by atoms with E-state index in [9.17, 15) is 0 Å². The molecule has 0 spiro atoms. The summed E-state index contributed by atoms with van der Waals surface area (Å²) in [6, 6.07) is 0. The summed E-state index contributed by atoms with van der Waals surface area (Å²) in [5, 5.41) is 33.3. The van der Waals surface area contributed by atoms with E-state index in [1.165, 1.54) is 0 Å². The molecule has 0 amide bonds. The van der Waals surface area contributed by atoms with Gasteiger partial charge in [-0.15, -0.1) is 0 Å². The summed E-state index contributed by atoms with van der Waals surface area (Å²) in [6.45, 7) is 0. The molecule has 7 nitrogen and oxygen atoms in total. The quantitative estimate of drug-likeness (QED) is 0.371. The first-order chi connectivity index (χ1) is 3.46. The second-order valence-electron chi connectivity index (χ2n) is 0.500. The second kappa shape index (κ2) is 29.5. The van der Waals surface area contributed by atoms with Gasteiger partial charge in [-0.2, -0.15) is 0 Å².